The Morgan fingerprint density at radius 1 is 1.25 bits per heavy atom. The number of benzene rings is 1. The summed E-state index contributed by atoms with van der Waals surface area (Å²) in [6, 6.07) is 11.0. The van der Waals surface area contributed by atoms with E-state index >= 15 is 0 Å². The predicted octanol–water partition coefficient (Wildman–Crippen LogP) is 0.674. The molecule has 1 aliphatic rings. The van der Waals surface area contributed by atoms with Crippen LogP contribution in [0.5, 0.6) is 5.75 Å². The molecule has 2 aromatic rings. The van der Waals surface area contributed by atoms with Crippen molar-refractivity contribution >= 4 is 5.91 Å². The van der Waals surface area contributed by atoms with Crippen LogP contribution < -0.4 is 15.0 Å². The summed E-state index contributed by atoms with van der Waals surface area (Å²) < 4.78 is 16.1. The van der Waals surface area contributed by atoms with E-state index < -0.39 is 0 Å². The summed E-state index contributed by atoms with van der Waals surface area (Å²) >= 11 is 0. The van der Waals surface area contributed by atoms with Crippen LogP contribution in [0.4, 0.5) is 0 Å². The van der Waals surface area contributed by atoms with Gasteiger partial charge in [-0.3, -0.25) is 4.79 Å². The third-order valence-electron chi connectivity index (χ3n) is 4.33. The van der Waals surface area contributed by atoms with Crippen LogP contribution in [-0.4, -0.2) is 45.9 Å². The van der Waals surface area contributed by atoms with Gasteiger partial charge in [0.1, 0.15) is 18.8 Å². The quantitative estimate of drug-likeness (QED) is 0.817. The van der Waals surface area contributed by atoms with Crippen LogP contribution >= 0.6 is 0 Å². The van der Waals surface area contributed by atoms with Crippen molar-refractivity contribution in [3.63, 3.8) is 0 Å². The van der Waals surface area contributed by atoms with E-state index in [1.165, 1.54) is 4.90 Å². The minimum absolute atomic E-state index is 0.0890. The van der Waals surface area contributed by atoms with Gasteiger partial charge < -0.3 is 24.1 Å². The van der Waals surface area contributed by atoms with Gasteiger partial charge in [0.25, 0.3) is 5.91 Å². The Labute approximate surface area is 141 Å². The molecule has 0 aliphatic carbocycles. The van der Waals surface area contributed by atoms with Crippen molar-refractivity contribution < 1.29 is 23.6 Å². The average Bonchev–Trinajstić information content (AvgIpc) is 3.17. The number of morpholine rings is 1. The second-order valence-electron chi connectivity index (χ2n) is 5.78. The van der Waals surface area contributed by atoms with E-state index in [1.54, 1.807) is 37.6 Å². The highest BCUT2D eigenvalue weighted by atomic mass is 16.5. The number of hydrogen-bond acceptors (Lipinski definition) is 4. The highest BCUT2D eigenvalue weighted by molar-refractivity contribution is 5.94. The number of rotatable bonds is 6. The molecular formula is C18H23N2O4+. The monoisotopic (exact) mass is 331 g/mol. The molecule has 0 saturated carbocycles. The highest BCUT2D eigenvalue weighted by Gasteiger charge is 2.29. The summed E-state index contributed by atoms with van der Waals surface area (Å²) in [5.74, 6) is 1.53. The van der Waals surface area contributed by atoms with Crippen molar-refractivity contribution in [3.8, 4) is 5.75 Å². The molecule has 0 unspecified atom stereocenters. The Hall–Kier alpha value is -2.31. The zero-order valence-corrected chi connectivity index (χ0v) is 13.8. The molecule has 128 valence electrons. The van der Waals surface area contributed by atoms with Gasteiger partial charge in [0.05, 0.1) is 33.1 Å². The lowest BCUT2D eigenvalue weighted by Gasteiger charge is -2.30. The second kappa shape index (κ2) is 7.99. The number of quaternary nitrogens is 1. The van der Waals surface area contributed by atoms with E-state index in [0.717, 1.165) is 37.8 Å². The molecule has 1 amide bonds. The summed E-state index contributed by atoms with van der Waals surface area (Å²) in [7, 11) is 1.61. The maximum absolute atomic E-state index is 12.4. The summed E-state index contributed by atoms with van der Waals surface area (Å²) in [4.78, 5) is 13.8. The van der Waals surface area contributed by atoms with E-state index in [2.05, 4.69) is 5.32 Å². The number of hydrogen-bond donors (Lipinski definition) is 2. The van der Waals surface area contributed by atoms with Crippen LogP contribution in [0, 0.1) is 0 Å². The van der Waals surface area contributed by atoms with Crippen LogP contribution in [0.1, 0.15) is 22.2 Å². The molecule has 2 heterocycles. The molecule has 2 N–H and O–H groups in total. The lowest BCUT2D eigenvalue weighted by atomic mass is 10.1. The largest absolute Gasteiger partial charge is 0.497 e. The fourth-order valence-electron chi connectivity index (χ4n) is 2.96. The number of amides is 1. The number of furan rings is 1. The third-order valence-corrected chi connectivity index (χ3v) is 4.33. The van der Waals surface area contributed by atoms with Gasteiger partial charge in [-0.15, -0.1) is 0 Å². The van der Waals surface area contributed by atoms with Crippen molar-refractivity contribution in [2.75, 3.05) is 40.0 Å². The highest BCUT2D eigenvalue weighted by Crippen LogP contribution is 2.13. The summed E-state index contributed by atoms with van der Waals surface area (Å²) in [6.07, 6.45) is 1.67. The molecule has 6 heteroatoms. The SMILES string of the molecule is COc1ccc(C(=O)NC[C@@H](c2ccco2)[NH+]2CCOCC2)cc1. The Morgan fingerprint density at radius 2 is 2.00 bits per heavy atom. The van der Waals surface area contributed by atoms with Crippen LogP contribution in [0.3, 0.4) is 0 Å². The van der Waals surface area contributed by atoms with Crippen molar-refractivity contribution in [2.45, 2.75) is 6.04 Å². The van der Waals surface area contributed by atoms with E-state index in [1.807, 2.05) is 12.1 Å². The molecule has 0 bridgehead atoms. The molecule has 1 fully saturated rings. The van der Waals surface area contributed by atoms with Gasteiger partial charge in [0.15, 0.2) is 11.8 Å². The minimum Gasteiger partial charge on any atom is -0.497 e. The van der Waals surface area contributed by atoms with Crippen molar-refractivity contribution in [3.05, 3.63) is 54.0 Å². The Kier molecular flexibility index (Phi) is 5.51. The van der Waals surface area contributed by atoms with Gasteiger partial charge in [-0.2, -0.15) is 0 Å². The topological polar surface area (TPSA) is 65.1 Å². The first-order chi connectivity index (χ1) is 11.8. The molecule has 1 atom stereocenters. The molecule has 1 aliphatic heterocycles. The van der Waals surface area contributed by atoms with E-state index in [0.29, 0.717) is 12.1 Å². The van der Waals surface area contributed by atoms with Gasteiger partial charge in [-0.1, -0.05) is 0 Å². The van der Waals surface area contributed by atoms with Crippen LogP contribution in [0.15, 0.2) is 47.1 Å². The molecule has 0 spiro atoms. The molecule has 6 nitrogen and oxygen atoms in total. The minimum atomic E-state index is -0.0955. The van der Waals surface area contributed by atoms with E-state index in [-0.39, 0.29) is 11.9 Å². The van der Waals surface area contributed by atoms with Crippen LogP contribution in [0.2, 0.25) is 0 Å². The molecule has 1 aromatic heterocycles. The standard InChI is InChI=1S/C18H22N2O4/c1-22-15-6-4-14(5-7-15)18(21)19-13-16(17-3-2-10-24-17)20-8-11-23-12-9-20/h2-7,10,16H,8-9,11-13H2,1H3,(H,19,21)/p+1/t16-/m0/s1. The van der Waals surface area contributed by atoms with Crippen molar-refractivity contribution in [2.24, 2.45) is 0 Å². The van der Waals surface area contributed by atoms with E-state index in [4.69, 9.17) is 13.9 Å². The normalized spacial score (nSPS) is 16.5. The third kappa shape index (κ3) is 3.96. The van der Waals surface area contributed by atoms with Crippen molar-refractivity contribution in [1.82, 2.24) is 5.32 Å². The van der Waals surface area contributed by atoms with Crippen LogP contribution in [-0.2, 0) is 4.74 Å². The maximum Gasteiger partial charge on any atom is 0.251 e. The zero-order chi connectivity index (χ0) is 16.8. The molecule has 0 radical (unpaired) electrons. The fraction of sp³-hybridized carbons (Fsp3) is 0.389. The van der Waals surface area contributed by atoms with Crippen LogP contribution in [0.25, 0.3) is 0 Å². The summed E-state index contributed by atoms with van der Waals surface area (Å²) in [5.41, 5.74) is 0.617. The average molecular weight is 331 g/mol. The first-order valence-electron chi connectivity index (χ1n) is 8.16. The van der Waals surface area contributed by atoms with Crippen molar-refractivity contribution in [1.29, 1.82) is 0 Å². The lowest BCUT2D eigenvalue weighted by Crippen LogP contribution is -3.15. The van der Waals surface area contributed by atoms with Gasteiger partial charge in [0, 0.05) is 5.56 Å². The van der Waals surface area contributed by atoms with Gasteiger partial charge in [0.2, 0.25) is 0 Å². The van der Waals surface area contributed by atoms with Gasteiger partial charge in [-0.05, 0) is 36.4 Å². The van der Waals surface area contributed by atoms with Gasteiger partial charge in [-0.25, -0.2) is 0 Å². The maximum atomic E-state index is 12.4. The smallest absolute Gasteiger partial charge is 0.251 e. The summed E-state index contributed by atoms with van der Waals surface area (Å²) in [6.45, 7) is 3.80. The first-order valence-corrected chi connectivity index (χ1v) is 8.16. The Bertz CT molecular complexity index is 634. The Morgan fingerprint density at radius 3 is 2.62 bits per heavy atom. The summed E-state index contributed by atoms with van der Waals surface area (Å²) in [5, 5.41) is 3.02. The molecule has 1 aromatic carbocycles. The predicted molar refractivity (Wildman–Crippen MR) is 88.3 cm³/mol. The zero-order valence-electron chi connectivity index (χ0n) is 13.8. The lowest BCUT2D eigenvalue weighted by molar-refractivity contribution is -0.938. The fourth-order valence-corrected chi connectivity index (χ4v) is 2.96. The van der Waals surface area contributed by atoms with E-state index in [9.17, 15) is 4.79 Å². The van der Waals surface area contributed by atoms with Gasteiger partial charge >= 0.3 is 0 Å². The number of methoxy groups -OCH3 is 1. The molecule has 24 heavy (non-hydrogen) atoms. The second-order valence-corrected chi connectivity index (χ2v) is 5.78. The molecular weight excluding hydrogens is 308 g/mol. The number of carbonyl (C=O) groups is 1. The number of ether oxygens (including phenoxy) is 2. The molecule has 3 rings (SSSR count). The molecule has 1 saturated heterocycles. The number of carbonyl (C=O) groups excluding carboxylic acids is 1. The Balaban J connectivity index is 1.65. The first kappa shape index (κ1) is 16.5. The number of nitrogens with one attached hydrogen (secondary N) is 2.